The summed E-state index contributed by atoms with van der Waals surface area (Å²) in [4.78, 5) is 7.08. The number of nitriles is 1. The highest BCUT2D eigenvalue weighted by atomic mass is 19.1. The van der Waals surface area contributed by atoms with Crippen LogP contribution in [0.5, 0.6) is 0 Å². The predicted octanol–water partition coefficient (Wildman–Crippen LogP) is 1.95. The van der Waals surface area contributed by atoms with E-state index in [2.05, 4.69) is 15.3 Å². The first-order valence-electron chi connectivity index (χ1n) is 4.85. The van der Waals surface area contributed by atoms with Crippen LogP contribution in [0.15, 0.2) is 24.4 Å². The van der Waals surface area contributed by atoms with Gasteiger partial charge in [-0.1, -0.05) is 6.07 Å². The highest BCUT2D eigenvalue weighted by Gasteiger charge is 2.11. The molecule has 0 aliphatic heterocycles. The normalized spacial score (nSPS) is 9.83. The number of hydrogen-bond acceptors (Lipinski definition) is 5. The van der Waals surface area contributed by atoms with Crippen molar-refractivity contribution < 1.29 is 8.78 Å². The molecule has 0 saturated carbocycles. The van der Waals surface area contributed by atoms with Crippen LogP contribution in [0.1, 0.15) is 5.56 Å². The molecule has 1 aromatic heterocycles. The molecule has 0 amide bonds. The Morgan fingerprint density at radius 1 is 1.28 bits per heavy atom. The summed E-state index contributed by atoms with van der Waals surface area (Å²) >= 11 is 0. The molecule has 0 aliphatic carbocycles. The van der Waals surface area contributed by atoms with E-state index in [-0.39, 0.29) is 23.0 Å². The Balaban J connectivity index is 2.44. The molecule has 2 aromatic rings. The summed E-state index contributed by atoms with van der Waals surface area (Å²) in [6.07, 6.45) is 0.885. The van der Waals surface area contributed by atoms with Gasteiger partial charge in [0, 0.05) is 0 Å². The van der Waals surface area contributed by atoms with Crippen LogP contribution in [-0.2, 0) is 0 Å². The molecule has 0 spiro atoms. The fraction of sp³-hybridized carbons (Fsp3) is 0. The molecular weight excluding hydrogens is 240 g/mol. The zero-order valence-corrected chi connectivity index (χ0v) is 8.98. The largest absolute Gasteiger partial charge is 0.368 e. The number of hydrogen-bond donors (Lipinski definition) is 2. The number of halogens is 2. The highest BCUT2D eigenvalue weighted by molar-refractivity contribution is 5.65. The fourth-order valence-corrected chi connectivity index (χ4v) is 1.34. The quantitative estimate of drug-likeness (QED) is 0.846. The van der Waals surface area contributed by atoms with Crippen LogP contribution in [-0.4, -0.2) is 9.97 Å². The van der Waals surface area contributed by atoms with Crippen LogP contribution in [0.2, 0.25) is 0 Å². The molecule has 0 fully saturated rings. The Morgan fingerprint density at radius 3 is 2.78 bits per heavy atom. The van der Waals surface area contributed by atoms with E-state index in [1.165, 1.54) is 12.1 Å². The van der Waals surface area contributed by atoms with E-state index < -0.39 is 11.6 Å². The summed E-state index contributed by atoms with van der Waals surface area (Å²) in [6.45, 7) is 0. The Hall–Kier alpha value is -2.75. The Labute approximate surface area is 101 Å². The molecule has 90 valence electrons. The van der Waals surface area contributed by atoms with Crippen molar-refractivity contribution in [3.05, 3.63) is 41.6 Å². The van der Waals surface area contributed by atoms with E-state index in [0.29, 0.717) is 0 Å². The maximum absolute atomic E-state index is 13.4. The minimum atomic E-state index is -0.752. The van der Waals surface area contributed by atoms with Gasteiger partial charge < -0.3 is 11.1 Å². The van der Waals surface area contributed by atoms with Gasteiger partial charge in [0.2, 0.25) is 5.95 Å². The van der Waals surface area contributed by atoms with Crippen LogP contribution < -0.4 is 11.1 Å². The lowest BCUT2D eigenvalue weighted by atomic mass is 10.2. The molecule has 1 aromatic carbocycles. The van der Waals surface area contributed by atoms with Crippen molar-refractivity contribution in [2.45, 2.75) is 0 Å². The molecule has 7 heteroatoms. The summed E-state index contributed by atoms with van der Waals surface area (Å²) in [5, 5.41) is 11.3. The smallest absolute Gasteiger partial charge is 0.222 e. The van der Waals surface area contributed by atoms with E-state index in [9.17, 15) is 8.78 Å². The first-order chi connectivity index (χ1) is 8.61. The zero-order valence-electron chi connectivity index (χ0n) is 8.98. The molecule has 0 atom stereocenters. The summed E-state index contributed by atoms with van der Waals surface area (Å²) in [6, 6.07) is 5.64. The second-order valence-electron chi connectivity index (χ2n) is 3.32. The minimum Gasteiger partial charge on any atom is -0.368 e. The van der Waals surface area contributed by atoms with E-state index in [1.54, 1.807) is 6.07 Å². The number of anilines is 3. The van der Waals surface area contributed by atoms with Crippen LogP contribution in [0.3, 0.4) is 0 Å². The predicted molar refractivity (Wildman–Crippen MR) is 60.8 cm³/mol. The van der Waals surface area contributed by atoms with E-state index in [4.69, 9.17) is 11.0 Å². The van der Waals surface area contributed by atoms with Gasteiger partial charge in [0.05, 0.1) is 11.9 Å². The van der Waals surface area contributed by atoms with Gasteiger partial charge in [-0.3, -0.25) is 0 Å². The third-order valence-electron chi connectivity index (χ3n) is 2.14. The molecule has 0 radical (unpaired) electrons. The van der Waals surface area contributed by atoms with Gasteiger partial charge in [-0.05, 0) is 12.1 Å². The third-order valence-corrected chi connectivity index (χ3v) is 2.14. The standard InChI is InChI=1S/C11H7F2N5/c12-7-2-1-3-9(6(7)4-14)17-10-8(13)5-16-11(15)18-10/h1-3,5H,(H3,15,16,17,18). The lowest BCUT2D eigenvalue weighted by Gasteiger charge is -2.08. The maximum Gasteiger partial charge on any atom is 0.222 e. The SMILES string of the molecule is N#Cc1c(F)cccc1Nc1nc(N)ncc1F. The fourth-order valence-electron chi connectivity index (χ4n) is 1.34. The summed E-state index contributed by atoms with van der Waals surface area (Å²) in [5.41, 5.74) is 5.19. The molecule has 3 N–H and O–H groups in total. The number of nitrogens with two attached hydrogens (primary N) is 1. The maximum atomic E-state index is 13.4. The number of nitrogens with zero attached hydrogens (tertiary/aromatic N) is 3. The molecule has 0 bridgehead atoms. The number of benzene rings is 1. The average molecular weight is 247 g/mol. The van der Waals surface area contributed by atoms with Crippen molar-refractivity contribution in [3.63, 3.8) is 0 Å². The monoisotopic (exact) mass is 247 g/mol. The summed E-state index contributed by atoms with van der Waals surface area (Å²) < 4.78 is 26.7. The van der Waals surface area contributed by atoms with Crippen molar-refractivity contribution in [2.24, 2.45) is 0 Å². The molecule has 18 heavy (non-hydrogen) atoms. The van der Waals surface area contributed by atoms with Crippen LogP contribution in [0, 0.1) is 23.0 Å². The summed E-state index contributed by atoms with van der Waals surface area (Å²) in [5.74, 6) is -1.80. The van der Waals surface area contributed by atoms with Gasteiger partial charge in [0.1, 0.15) is 17.4 Å². The van der Waals surface area contributed by atoms with Crippen molar-refractivity contribution in [2.75, 3.05) is 11.1 Å². The van der Waals surface area contributed by atoms with E-state index in [0.717, 1.165) is 12.3 Å². The average Bonchev–Trinajstić information content (AvgIpc) is 2.34. The second kappa shape index (κ2) is 4.63. The lowest BCUT2D eigenvalue weighted by molar-refractivity contribution is 0.618. The van der Waals surface area contributed by atoms with Crippen molar-refractivity contribution in [1.82, 2.24) is 9.97 Å². The molecule has 0 aliphatic rings. The number of nitrogen functional groups attached to an aromatic ring is 1. The topological polar surface area (TPSA) is 87.6 Å². The van der Waals surface area contributed by atoms with E-state index >= 15 is 0 Å². The van der Waals surface area contributed by atoms with Crippen molar-refractivity contribution in [1.29, 1.82) is 5.26 Å². The zero-order chi connectivity index (χ0) is 13.1. The molecular formula is C11H7F2N5. The van der Waals surface area contributed by atoms with Crippen molar-refractivity contribution >= 4 is 17.5 Å². The van der Waals surface area contributed by atoms with Crippen LogP contribution in [0.25, 0.3) is 0 Å². The molecule has 0 saturated heterocycles. The number of aromatic nitrogens is 2. The van der Waals surface area contributed by atoms with Gasteiger partial charge >= 0.3 is 0 Å². The lowest BCUT2D eigenvalue weighted by Crippen LogP contribution is -2.04. The van der Waals surface area contributed by atoms with Gasteiger partial charge in [-0.2, -0.15) is 10.2 Å². The molecule has 1 heterocycles. The number of nitrogens with one attached hydrogen (secondary N) is 1. The Morgan fingerprint density at radius 2 is 2.06 bits per heavy atom. The molecule has 5 nitrogen and oxygen atoms in total. The minimum absolute atomic E-state index is 0.106. The molecule has 0 unspecified atom stereocenters. The third kappa shape index (κ3) is 2.17. The molecule has 2 rings (SSSR count). The van der Waals surface area contributed by atoms with Crippen LogP contribution in [0.4, 0.5) is 26.2 Å². The first kappa shape index (κ1) is 11.7. The Kier molecular flexibility index (Phi) is 3.02. The van der Waals surface area contributed by atoms with Gasteiger partial charge in [-0.25, -0.2) is 13.8 Å². The first-order valence-corrected chi connectivity index (χ1v) is 4.85. The van der Waals surface area contributed by atoms with Crippen LogP contribution >= 0.6 is 0 Å². The van der Waals surface area contributed by atoms with Gasteiger partial charge in [0.25, 0.3) is 0 Å². The summed E-state index contributed by atoms with van der Waals surface area (Å²) in [7, 11) is 0. The second-order valence-corrected chi connectivity index (χ2v) is 3.32. The van der Waals surface area contributed by atoms with Gasteiger partial charge in [-0.15, -0.1) is 0 Å². The Bertz CT molecular complexity index is 636. The highest BCUT2D eigenvalue weighted by Crippen LogP contribution is 2.23. The van der Waals surface area contributed by atoms with E-state index in [1.807, 2.05) is 0 Å². The number of rotatable bonds is 2. The van der Waals surface area contributed by atoms with Gasteiger partial charge in [0.15, 0.2) is 11.6 Å². The van der Waals surface area contributed by atoms with Crippen molar-refractivity contribution in [3.8, 4) is 6.07 Å².